The first-order valence-electron chi connectivity index (χ1n) is 7.15. The molecule has 0 aromatic carbocycles. The molecule has 19 heavy (non-hydrogen) atoms. The highest BCUT2D eigenvalue weighted by molar-refractivity contribution is 6.00. The molecule has 3 atom stereocenters. The number of nitrogens with one attached hydrogen (secondary N) is 1. The third-order valence-corrected chi connectivity index (χ3v) is 4.73. The lowest BCUT2D eigenvalue weighted by molar-refractivity contribution is -0.159. The molecule has 2 aliphatic rings. The van der Waals surface area contributed by atoms with Crippen LogP contribution in [0.3, 0.4) is 0 Å². The normalized spacial score (nSPS) is 33.3. The van der Waals surface area contributed by atoms with Crippen molar-refractivity contribution in [2.45, 2.75) is 51.6 Å². The first-order valence-corrected chi connectivity index (χ1v) is 7.15. The Morgan fingerprint density at radius 2 is 2.11 bits per heavy atom. The maximum Gasteiger partial charge on any atom is 0.246 e. The number of carbonyl (C=O) groups excluding carboxylic acids is 2. The summed E-state index contributed by atoms with van der Waals surface area (Å²) >= 11 is 0. The van der Waals surface area contributed by atoms with Gasteiger partial charge in [0.2, 0.25) is 11.8 Å². The van der Waals surface area contributed by atoms with Crippen LogP contribution < -0.4 is 5.32 Å². The molecular weight excluding hydrogens is 247 g/mol. The second kappa shape index (κ2) is 5.10. The van der Waals surface area contributed by atoms with Gasteiger partial charge in [-0.3, -0.25) is 9.59 Å². The van der Waals surface area contributed by atoms with Crippen molar-refractivity contribution < 1.29 is 14.0 Å². The Kier molecular flexibility index (Phi) is 3.83. The zero-order valence-electron chi connectivity index (χ0n) is 11.9. The van der Waals surface area contributed by atoms with Gasteiger partial charge in [0.15, 0.2) is 0 Å². The molecule has 1 saturated carbocycles. The summed E-state index contributed by atoms with van der Waals surface area (Å²) in [6, 6.07) is -0.504. The van der Waals surface area contributed by atoms with E-state index < -0.39 is 18.3 Å². The maximum atomic E-state index is 12.8. The van der Waals surface area contributed by atoms with Crippen LogP contribution in [-0.4, -0.2) is 41.5 Å². The van der Waals surface area contributed by atoms with Gasteiger partial charge >= 0.3 is 0 Å². The van der Waals surface area contributed by atoms with E-state index in [1.165, 1.54) is 4.90 Å². The Bertz CT molecular complexity index is 384. The van der Waals surface area contributed by atoms with E-state index >= 15 is 0 Å². The molecule has 3 unspecified atom stereocenters. The zero-order chi connectivity index (χ0) is 14.2. The lowest BCUT2D eigenvalue weighted by Gasteiger charge is -2.47. The fourth-order valence-electron chi connectivity index (χ4n) is 2.97. The van der Waals surface area contributed by atoms with Crippen LogP contribution in [0.15, 0.2) is 0 Å². The van der Waals surface area contributed by atoms with Crippen molar-refractivity contribution in [2.75, 3.05) is 13.2 Å². The van der Waals surface area contributed by atoms with Gasteiger partial charge in [0.05, 0.1) is 6.54 Å². The SMILES string of the molecule is CCC(C)C1NC(=O)C(C)(C2CC2)N(CCF)C1=O. The molecule has 1 saturated heterocycles. The predicted octanol–water partition coefficient (Wildman–Crippen LogP) is 1.50. The van der Waals surface area contributed by atoms with Gasteiger partial charge in [0, 0.05) is 0 Å². The van der Waals surface area contributed by atoms with Crippen molar-refractivity contribution in [2.24, 2.45) is 11.8 Å². The van der Waals surface area contributed by atoms with Gasteiger partial charge in [0.1, 0.15) is 18.3 Å². The first kappa shape index (κ1) is 14.3. The molecule has 0 aromatic rings. The number of alkyl halides is 1. The minimum absolute atomic E-state index is 0.0200. The standard InChI is InChI=1S/C14H23FN2O2/c1-4-9(2)11-12(18)17(8-7-15)14(3,10-5-6-10)13(19)16-11/h9-11H,4-8H2,1-3H3,(H,16,19). The van der Waals surface area contributed by atoms with Crippen molar-refractivity contribution in [1.82, 2.24) is 10.2 Å². The van der Waals surface area contributed by atoms with E-state index in [1.807, 2.05) is 13.8 Å². The number of piperazine rings is 1. The van der Waals surface area contributed by atoms with E-state index in [2.05, 4.69) is 5.32 Å². The molecule has 2 rings (SSSR count). The summed E-state index contributed by atoms with van der Waals surface area (Å²) in [5.41, 5.74) is -0.854. The summed E-state index contributed by atoms with van der Waals surface area (Å²) in [6.45, 7) is 5.12. The molecule has 1 heterocycles. The Morgan fingerprint density at radius 1 is 1.47 bits per heavy atom. The average Bonchev–Trinajstić information content (AvgIpc) is 3.22. The molecule has 2 fully saturated rings. The smallest absolute Gasteiger partial charge is 0.246 e. The van der Waals surface area contributed by atoms with Gasteiger partial charge < -0.3 is 10.2 Å². The number of nitrogens with zero attached hydrogens (tertiary/aromatic N) is 1. The van der Waals surface area contributed by atoms with Crippen LogP contribution in [0, 0.1) is 11.8 Å². The summed E-state index contributed by atoms with van der Waals surface area (Å²) in [5, 5.41) is 2.86. The molecular formula is C14H23FN2O2. The van der Waals surface area contributed by atoms with Crippen LogP contribution in [-0.2, 0) is 9.59 Å². The number of carbonyl (C=O) groups is 2. The van der Waals surface area contributed by atoms with E-state index in [0.29, 0.717) is 0 Å². The Balaban J connectivity index is 2.29. The lowest BCUT2D eigenvalue weighted by Crippen LogP contribution is -2.71. The topological polar surface area (TPSA) is 49.4 Å². The monoisotopic (exact) mass is 270 g/mol. The van der Waals surface area contributed by atoms with Gasteiger partial charge in [-0.2, -0.15) is 0 Å². The summed E-state index contributed by atoms with van der Waals surface area (Å²) in [6.07, 6.45) is 2.68. The molecule has 1 aliphatic carbocycles. The molecule has 1 aliphatic heterocycles. The Labute approximate surface area is 113 Å². The van der Waals surface area contributed by atoms with E-state index in [-0.39, 0.29) is 30.2 Å². The highest BCUT2D eigenvalue weighted by Crippen LogP contribution is 2.45. The van der Waals surface area contributed by atoms with Crippen LogP contribution >= 0.6 is 0 Å². The van der Waals surface area contributed by atoms with Gasteiger partial charge in [-0.1, -0.05) is 20.3 Å². The minimum Gasteiger partial charge on any atom is -0.342 e. The van der Waals surface area contributed by atoms with Crippen LogP contribution in [0.4, 0.5) is 4.39 Å². The van der Waals surface area contributed by atoms with Crippen LogP contribution in [0.1, 0.15) is 40.0 Å². The van der Waals surface area contributed by atoms with E-state index in [1.54, 1.807) is 6.92 Å². The number of rotatable bonds is 5. The van der Waals surface area contributed by atoms with Crippen molar-refractivity contribution in [3.8, 4) is 0 Å². The molecule has 108 valence electrons. The fourth-order valence-corrected chi connectivity index (χ4v) is 2.97. The molecule has 4 nitrogen and oxygen atoms in total. The van der Waals surface area contributed by atoms with Gasteiger partial charge in [-0.25, -0.2) is 4.39 Å². The third kappa shape index (κ3) is 2.23. The van der Waals surface area contributed by atoms with Crippen molar-refractivity contribution >= 4 is 11.8 Å². The number of amides is 2. The third-order valence-electron chi connectivity index (χ3n) is 4.73. The molecule has 0 spiro atoms. The average molecular weight is 270 g/mol. The van der Waals surface area contributed by atoms with Crippen LogP contribution in [0.2, 0.25) is 0 Å². The predicted molar refractivity (Wildman–Crippen MR) is 70.2 cm³/mol. The van der Waals surface area contributed by atoms with Crippen molar-refractivity contribution in [1.29, 1.82) is 0 Å². The van der Waals surface area contributed by atoms with E-state index in [9.17, 15) is 14.0 Å². The summed E-state index contributed by atoms with van der Waals surface area (Å²) in [4.78, 5) is 26.5. The first-order chi connectivity index (χ1) is 8.96. The molecule has 2 amide bonds. The molecule has 0 radical (unpaired) electrons. The van der Waals surface area contributed by atoms with Gasteiger partial charge in [0.25, 0.3) is 0 Å². The zero-order valence-corrected chi connectivity index (χ0v) is 11.9. The largest absolute Gasteiger partial charge is 0.342 e. The van der Waals surface area contributed by atoms with Gasteiger partial charge in [-0.15, -0.1) is 0 Å². The van der Waals surface area contributed by atoms with Crippen molar-refractivity contribution in [3.63, 3.8) is 0 Å². The van der Waals surface area contributed by atoms with Crippen LogP contribution in [0.25, 0.3) is 0 Å². The highest BCUT2D eigenvalue weighted by Gasteiger charge is 2.57. The maximum absolute atomic E-state index is 12.8. The number of halogens is 1. The Hall–Kier alpha value is -1.13. The highest BCUT2D eigenvalue weighted by atomic mass is 19.1. The molecule has 0 aromatic heterocycles. The molecule has 1 N–H and O–H groups in total. The van der Waals surface area contributed by atoms with Crippen LogP contribution in [0.5, 0.6) is 0 Å². The summed E-state index contributed by atoms with van der Waals surface area (Å²) in [7, 11) is 0. The molecule has 0 bridgehead atoms. The van der Waals surface area contributed by atoms with E-state index in [4.69, 9.17) is 0 Å². The van der Waals surface area contributed by atoms with Gasteiger partial charge in [-0.05, 0) is 31.6 Å². The minimum atomic E-state index is -0.854. The van der Waals surface area contributed by atoms with Crippen molar-refractivity contribution in [3.05, 3.63) is 0 Å². The number of hydrogen-bond acceptors (Lipinski definition) is 2. The van der Waals surface area contributed by atoms with E-state index in [0.717, 1.165) is 19.3 Å². The second-order valence-electron chi connectivity index (χ2n) is 5.94. The lowest BCUT2D eigenvalue weighted by atomic mass is 9.85. The quantitative estimate of drug-likeness (QED) is 0.823. The second-order valence-corrected chi connectivity index (χ2v) is 5.94. The summed E-state index contributed by atoms with van der Waals surface area (Å²) < 4.78 is 12.8. The molecule has 5 heteroatoms. The fraction of sp³-hybridized carbons (Fsp3) is 0.857. The summed E-state index contributed by atoms with van der Waals surface area (Å²) in [5.74, 6) is 0.0116. The number of hydrogen-bond donors (Lipinski definition) is 1. The Morgan fingerprint density at radius 3 is 2.58 bits per heavy atom.